The van der Waals surface area contributed by atoms with Crippen LogP contribution in [0.1, 0.15) is 45.6 Å². The molecule has 2 atom stereocenters. The SMILES string of the molecule is Cc1cc([C@@H](C)NC(=O)[C@@H](C)NC(=O)c2ccc(Br)cc2)c(C)s1. The molecule has 0 aliphatic heterocycles. The van der Waals surface area contributed by atoms with Crippen molar-refractivity contribution in [2.24, 2.45) is 0 Å². The second kappa shape index (κ2) is 7.94. The summed E-state index contributed by atoms with van der Waals surface area (Å²) in [7, 11) is 0. The molecule has 6 heteroatoms. The average Bonchev–Trinajstić information content (AvgIpc) is 2.86. The number of carbonyl (C=O) groups is 2. The normalized spacial score (nSPS) is 13.2. The fourth-order valence-electron chi connectivity index (χ4n) is 2.44. The van der Waals surface area contributed by atoms with Crippen molar-refractivity contribution in [2.75, 3.05) is 0 Å². The Labute approximate surface area is 154 Å². The van der Waals surface area contributed by atoms with Crippen LogP contribution < -0.4 is 10.6 Å². The molecule has 24 heavy (non-hydrogen) atoms. The molecule has 0 bridgehead atoms. The third-order valence-corrected chi connectivity index (χ3v) is 5.26. The van der Waals surface area contributed by atoms with Crippen LogP contribution in [-0.4, -0.2) is 17.9 Å². The van der Waals surface area contributed by atoms with Crippen LogP contribution in [0.2, 0.25) is 0 Å². The van der Waals surface area contributed by atoms with Crippen LogP contribution in [0.5, 0.6) is 0 Å². The third kappa shape index (κ3) is 4.68. The highest BCUT2D eigenvalue weighted by Crippen LogP contribution is 2.26. The Morgan fingerprint density at radius 3 is 2.25 bits per heavy atom. The Hall–Kier alpha value is -1.66. The standard InChI is InChI=1S/C18H21BrN2O2S/c1-10-9-16(13(4)24-10)11(2)20-17(22)12(3)21-18(23)14-5-7-15(19)8-6-14/h5-9,11-12H,1-4H3,(H,20,22)(H,21,23)/t11-,12-/m1/s1. The smallest absolute Gasteiger partial charge is 0.251 e. The lowest BCUT2D eigenvalue weighted by molar-refractivity contribution is -0.123. The summed E-state index contributed by atoms with van der Waals surface area (Å²) in [5.41, 5.74) is 1.65. The number of aryl methyl sites for hydroxylation is 2. The molecule has 0 saturated carbocycles. The Balaban J connectivity index is 1.95. The fraction of sp³-hybridized carbons (Fsp3) is 0.333. The van der Waals surface area contributed by atoms with Crippen LogP contribution in [0.25, 0.3) is 0 Å². The van der Waals surface area contributed by atoms with Crippen molar-refractivity contribution in [1.29, 1.82) is 0 Å². The van der Waals surface area contributed by atoms with E-state index < -0.39 is 6.04 Å². The van der Waals surface area contributed by atoms with E-state index in [1.54, 1.807) is 42.5 Å². The second-order valence-electron chi connectivity index (χ2n) is 5.80. The zero-order valence-corrected chi connectivity index (χ0v) is 16.5. The Kier molecular flexibility index (Phi) is 6.18. The maximum atomic E-state index is 12.3. The monoisotopic (exact) mass is 408 g/mol. The highest BCUT2D eigenvalue weighted by Gasteiger charge is 2.20. The summed E-state index contributed by atoms with van der Waals surface area (Å²) >= 11 is 5.05. The quantitative estimate of drug-likeness (QED) is 0.781. The lowest BCUT2D eigenvalue weighted by Gasteiger charge is -2.18. The number of hydrogen-bond acceptors (Lipinski definition) is 3. The fourth-order valence-corrected chi connectivity index (χ4v) is 3.73. The Bertz CT molecular complexity index is 740. The van der Waals surface area contributed by atoms with E-state index in [0.717, 1.165) is 10.0 Å². The number of benzene rings is 1. The number of rotatable bonds is 5. The first-order valence-corrected chi connectivity index (χ1v) is 9.32. The van der Waals surface area contributed by atoms with Crippen LogP contribution in [0.3, 0.4) is 0 Å². The summed E-state index contributed by atoms with van der Waals surface area (Å²) < 4.78 is 0.903. The molecule has 2 rings (SSSR count). The van der Waals surface area contributed by atoms with Gasteiger partial charge in [-0.2, -0.15) is 0 Å². The minimum absolute atomic E-state index is 0.0884. The van der Waals surface area contributed by atoms with Gasteiger partial charge in [0.1, 0.15) is 6.04 Å². The first-order valence-electron chi connectivity index (χ1n) is 7.71. The topological polar surface area (TPSA) is 58.2 Å². The van der Waals surface area contributed by atoms with Crippen LogP contribution in [0.4, 0.5) is 0 Å². The number of amides is 2. The summed E-state index contributed by atoms with van der Waals surface area (Å²) in [4.78, 5) is 26.9. The van der Waals surface area contributed by atoms with Crippen molar-refractivity contribution in [3.8, 4) is 0 Å². The van der Waals surface area contributed by atoms with Gasteiger partial charge in [-0.05, 0) is 63.6 Å². The van der Waals surface area contributed by atoms with Crippen molar-refractivity contribution in [1.82, 2.24) is 10.6 Å². The van der Waals surface area contributed by atoms with Gasteiger partial charge in [-0.25, -0.2) is 0 Å². The molecule has 0 saturated heterocycles. The van der Waals surface area contributed by atoms with Crippen molar-refractivity contribution in [3.05, 3.63) is 55.7 Å². The van der Waals surface area contributed by atoms with Crippen molar-refractivity contribution in [2.45, 2.75) is 39.8 Å². The highest BCUT2D eigenvalue weighted by molar-refractivity contribution is 9.10. The van der Waals surface area contributed by atoms with Gasteiger partial charge in [-0.1, -0.05) is 15.9 Å². The lowest BCUT2D eigenvalue weighted by Crippen LogP contribution is -2.45. The second-order valence-corrected chi connectivity index (χ2v) is 8.18. The van der Waals surface area contributed by atoms with Crippen LogP contribution >= 0.6 is 27.3 Å². The van der Waals surface area contributed by atoms with E-state index in [1.165, 1.54) is 9.75 Å². The van der Waals surface area contributed by atoms with Gasteiger partial charge in [-0.15, -0.1) is 11.3 Å². The van der Waals surface area contributed by atoms with E-state index in [0.29, 0.717) is 5.56 Å². The van der Waals surface area contributed by atoms with Crippen molar-refractivity contribution in [3.63, 3.8) is 0 Å². The van der Waals surface area contributed by atoms with Gasteiger partial charge in [0.25, 0.3) is 5.91 Å². The number of carbonyl (C=O) groups excluding carboxylic acids is 2. The van der Waals surface area contributed by atoms with E-state index >= 15 is 0 Å². The first-order chi connectivity index (χ1) is 11.3. The molecule has 2 aromatic rings. The molecule has 0 aliphatic carbocycles. The summed E-state index contributed by atoms with van der Waals surface area (Å²) in [6.45, 7) is 7.74. The number of thiophene rings is 1. The van der Waals surface area contributed by atoms with Gasteiger partial charge >= 0.3 is 0 Å². The van der Waals surface area contributed by atoms with Gasteiger partial charge in [0.05, 0.1) is 6.04 Å². The minimum atomic E-state index is -0.608. The Morgan fingerprint density at radius 2 is 1.71 bits per heavy atom. The molecule has 0 aliphatic rings. The van der Waals surface area contributed by atoms with Gasteiger partial charge < -0.3 is 10.6 Å². The van der Waals surface area contributed by atoms with Crippen LogP contribution in [-0.2, 0) is 4.79 Å². The molecule has 128 valence electrons. The summed E-state index contributed by atoms with van der Waals surface area (Å²) in [5.74, 6) is -0.462. The maximum Gasteiger partial charge on any atom is 0.251 e. The van der Waals surface area contributed by atoms with Gasteiger partial charge in [0.15, 0.2) is 0 Å². The van der Waals surface area contributed by atoms with Gasteiger partial charge in [0, 0.05) is 19.8 Å². The number of halogens is 1. The molecule has 0 spiro atoms. The van der Waals surface area contributed by atoms with E-state index in [1.807, 2.05) is 13.8 Å². The van der Waals surface area contributed by atoms with Gasteiger partial charge in [0.2, 0.25) is 5.91 Å². The molecule has 1 aromatic heterocycles. The van der Waals surface area contributed by atoms with E-state index in [-0.39, 0.29) is 17.9 Å². The van der Waals surface area contributed by atoms with Gasteiger partial charge in [-0.3, -0.25) is 9.59 Å². The maximum absolute atomic E-state index is 12.3. The highest BCUT2D eigenvalue weighted by atomic mass is 79.9. The summed E-state index contributed by atoms with van der Waals surface area (Å²) in [6, 6.07) is 8.41. The summed E-state index contributed by atoms with van der Waals surface area (Å²) in [5, 5.41) is 5.69. The molecule has 0 radical (unpaired) electrons. The average molecular weight is 409 g/mol. The lowest BCUT2D eigenvalue weighted by atomic mass is 10.1. The predicted molar refractivity (Wildman–Crippen MR) is 101 cm³/mol. The molecule has 0 fully saturated rings. The largest absolute Gasteiger partial charge is 0.348 e. The van der Waals surface area contributed by atoms with Crippen molar-refractivity contribution >= 4 is 39.1 Å². The number of nitrogens with one attached hydrogen (secondary N) is 2. The van der Waals surface area contributed by atoms with E-state index in [2.05, 4.69) is 39.6 Å². The molecular weight excluding hydrogens is 388 g/mol. The van der Waals surface area contributed by atoms with E-state index in [9.17, 15) is 9.59 Å². The summed E-state index contributed by atoms with van der Waals surface area (Å²) in [6.07, 6.45) is 0. The first kappa shape index (κ1) is 18.7. The molecule has 1 aromatic carbocycles. The predicted octanol–water partition coefficient (Wildman–Crippen LogP) is 4.12. The molecule has 2 N–H and O–H groups in total. The molecular formula is C18H21BrN2O2S. The zero-order chi connectivity index (χ0) is 17.9. The molecule has 2 amide bonds. The van der Waals surface area contributed by atoms with E-state index in [4.69, 9.17) is 0 Å². The molecule has 0 unspecified atom stereocenters. The third-order valence-electron chi connectivity index (χ3n) is 3.75. The van der Waals surface area contributed by atoms with Crippen molar-refractivity contribution < 1.29 is 9.59 Å². The minimum Gasteiger partial charge on any atom is -0.348 e. The van der Waals surface area contributed by atoms with Crippen LogP contribution in [0, 0.1) is 13.8 Å². The zero-order valence-electron chi connectivity index (χ0n) is 14.1. The Morgan fingerprint density at radius 1 is 1.08 bits per heavy atom. The molecule has 4 nitrogen and oxygen atoms in total. The van der Waals surface area contributed by atoms with Crippen LogP contribution in [0.15, 0.2) is 34.8 Å². The number of hydrogen-bond donors (Lipinski definition) is 2. The molecule has 1 heterocycles.